The van der Waals surface area contributed by atoms with Gasteiger partial charge in [0.1, 0.15) is 0 Å². The van der Waals surface area contributed by atoms with Crippen LogP contribution in [0.4, 0.5) is 0 Å². The molecule has 1 heterocycles. The van der Waals surface area contributed by atoms with Gasteiger partial charge in [0.05, 0.1) is 0 Å². The molecular weight excluding hydrogens is 150 g/mol. The zero-order valence-electron chi connectivity index (χ0n) is 8.22. The summed E-state index contributed by atoms with van der Waals surface area (Å²) >= 11 is 0. The Hall–Kier alpha value is -0.0800. The molecule has 0 aromatic heterocycles. The third kappa shape index (κ3) is 4.07. The van der Waals surface area contributed by atoms with Crippen molar-refractivity contribution in [2.45, 2.75) is 32.1 Å². The highest BCUT2D eigenvalue weighted by Gasteiger charge is 2.07. The van der Waals surface area contributed by atoms with Gasteiger partial charge in [0, 0.05) is 20.3 Å². The van der Waals surface area contributed by atoms with E-state index in [9.17, 15) is 0 Å². The summed E-state index contributed by atoms with van der Waals surface area (Å²) in [4.78, 5) is 2.58. The number of likely N-dealkylation sites (tertiary alicyclic amines) is 1. The molecule has 1 aliphatic rings. The maximum atomic E-state index is 5.04. The van der Waals surface area contributed by atoms with Crippen molar-refractivity contribution >= 4 is 0 Å². The second kappa shape index (κ2) is 6.44. The van der Waals surface area contributed by atoms with Crippen LogP contribution in [-0.2, 0) is 4.74 Å². The standard InChI is InChI=1S/C10H21NO/c1-12-10-6-9-11-7-4-2-3-5-8-11/h2-10H2,1H3. The van der Waals surface area contributed by atoms with Crippen molar-refractivity contribution in [2.24, 2.45) is 0 Å². The van der Waals surface area contributed by atoms with E-state index in [2.05, 4.69) is 4.90 Å². The van der Waals surface area contributed by atoms with Crippen LogP contribution in [0.2, 0.25) is 0 Å². The molecule has 0 aromatic rings. The highest BCUT2D eigenvalue weighted by atomic mass is 16.5. The van der Waals surface area contributed by atoms with Crippen molar-refractivity contribution in [3.05, 3.63) is 0 Å². The van der Waals surface area contributed by atoms with Gasteiger partial charge in [-0.05, 0) is 32.4 Å². The highest BCUT2D eigenvalue weighted by molar-refractivity contribution is 4.62. The molecule has 0 spiro atoms. The van der Waals surface area contributed by atoms with Crippen molar-refractivity contribution < 1.29 is 4.74 Å². The summed E-state index contributed by atoms with van der Waals surface area (Å²) in [6, 6.07) is 0. The number of ether oxygens (including phenoxy) is 1. The summed E-state index contributed by atoms with van der Waals surface area (Å²) in [5.41, 5.74) is 0. The zero-order valence-corrected chi connectivity index (χ0v) is 8.22. The Bertz CT molecular complexity index is 98.0. The van der Waals surface area contributed by atoms with E-state index in [1.165, 1.54) is 51.7 Å². The van der Waals surface area contributed by atoms with Gasteiger partial charge in [-0.25, -0.2) is 0 Å². The minimum atomic E-state index is 0.913. The molecule has 0 radical (unpaired) electrons. The molecule has 0 saturated carbocycles. The van der Waals surface area contributed by atoms with Gasteiger partial charge in [-0.2, -0.15) is 0 Å². The lowest BCUT2D eigenvalue weighted by Gasteiger charge is -2.18. The summed E-state index contributed by atoms with van der Waals surface area (Å²) < 4.78 is 5.04. The second-order valence-corrected chi connectivity index (χ2v) is 3.60. The summed E-state index contributed by atoms with van der Waals surface area (Å²) in [5, 5.41) is 0. The fourth-order valence-electron chi connectivity index (χ4n) is 1.79. The lowest BCUT2D eigenvalue weighted by atomic mass is 10.2. The molecule has 2 nitrogen and oxygen atoms in total. The first-order valence-corrected chi connectivity index (χ1v) is 5.15. The topological polar surface area (TPSA) is 12.5 Å². The normalized spacial score (nSPS) is 20.8. The Labute approximate surface area is 75.9 Å². The minimum Gasteiger partial charge on any atom is -0.385 e. The predicted molar refractivity (Wildman–Crippen MR) is 51.4 cm³/mol. The number of hydrogen-bond acceptors (Lipinski definition) is 2. The first-order chi connectivity index (χ1) is 5.93. The SMILES string of the molecule is COCCCN1CCCCCC1. The van der Waals surface area contributed by atoms with Crippen molar-refractivity contribution in [2.75, 3.05) is 33.4 Å². The van der Waals surface area contributed by atoms with E-state index in [4.69, 9.17) is 4.74 Å². The summed E-state index contributed by atoms with van der Waals surface area (Å²) in [6.07, 6.45) is 6.85. The van der Waals surface area contributed by atoms with E-state index in [-0.39, 0.29) is 0 Å². The molecule has 12 heavy (non-hydrogen) atoms. The lowest BCUT2D eigenvalue weighted by Crippen LogP contribution is -2.26. The summed E-state index contributed by atoms with van der Waals surface area (Å²) in [6.45, 7) is 4.76. The molecule has 0 atom stereocenters. The Morgan fingerprint density at radius 2 is 1.75 bits per heavy atom. The van der Waals surface area contributed by atoms with E-state index < -0.39 is 0 Å². The Kier molecular flexibility index (Phi) is 5.37. The molecule has 0 aromatic carbocycles. The van der Waals surface area contributed by atoms with Crippen molar-refractivity contribution in [1.82, 2.24) is 4.90 Å². The molecule has 0 aliphatic carbocycles. The first-order valence-electron chi connectivity index (χ1n) is 5.15. The van der Waals surface area contributed by atoms with Crippen molar-refractivity contribution in [3.63, 3.8) is 0 Å². The lowest BCUT2D eigenvalue weighted by molar-refractivity contribution is 0.173. The van der Waals surface area contributed by atoms with Crippen LogP contribution in [0.3, 0.4) is 0 Å². The molecule has 0 unspecified atom stereocenters. The van der Waals surface area contributed by atoms with E-state index >= 15 is 0 Å². The van der Waals surface area contributed by atoms with Gasteiger partial charge in [-0.3, -0.25) is 0 Å². The third-order valence-corrected chi connectivity index (χ3v) is 2.52. The van der Waals surface area contributed by atoms with E-state index in [1.54, 1.807) is 7.11 Å². The van der Waals surface area contributed by atoms with Crippen molar-refractivity contribution in [1.29, 1.82) is 0 Å². The number of rotatable bonds is 4. The van der Waals surface area contributed by atoms with Gasteiger partial charge < -0.3 is 9.64 Å². The largest absolute Gasteiger partial charge is 0.385 e. The van der Waals surface area contributed by atoms with Crippen molar-refractivity contribution in [3.8, 4) is 0 Å². The predicted octanol–water partition coefficient (Wildman–Crippen LogP) is 1.90. The quantitative estimate of drug-likeness (QED) is 0.599. The molecule has 72 valence electrons. The van der Waals surface area contributed by atoms with Gasteiger partial charge >= 0.3 is 0 Å². The summed E-state index contributed by atoms with van der Waals surface area (Å²) in [5.74, 6) is 0. The molecule has 0 bridgehead atoms. The smallest absolute Gasteiger partial charge is 0.0474 e. The Balaban J connectivity index is 2.04. The fraction of sp³-hybridized carbons (Fsp3) is 1.00. The van der Waals surface area contributed by atoms with Gasteiger partial charge in [-0.15, -0.1) is 0 Å². The summed E-state index contributed by atoms with van der Waals surface area (Å²) in [7, 11) is 1.78. The van der Waals surface area contributed by atoms with Crippen LogP contribution >= 0.6 is 0 Å². The number of hydrogen-bond donors (Lipinski definition) is 0. The zero-order chi connectivity index (χ0) is 8.65. The third-order valence-electron chi connectivity index (χ3n) is 2.52. The van der Waals surface area contributed by atoms with Gasteiger partial charge in [0.25, 0.3) is 0 Å². The maximum Gasteiger partial charge on any atom is 0.0474 e. The average molecular weight is 171 g/mol. The molecule has 0 amide bonds. The Morgan fingerprint density at radius 1 is 1.08 bits per heavy atom. The molecule has 0 N–H and O–H groups in total. The number of nitrogens with zero attached hydrogens (tertiary/aromatic N) is 1. The average Bonchev–Trinajstić information content (AvgIpc) is 2.33. The van der Waals surface area contributed by atoms with Crippen LogP contribution in [-0.4, -0.2) is 38.3 Å². The van der Waals surface area contributed by atoms with Gasteiger partial charge in [0.2, 0.25) is 0 Å². The van der Waals surface area contributed by atoms with Crippen LogP contribution in [0.1, 0.15) is 32.1 Å². The monoisotopic (exact) mass is 171 g/mol. The molecule has 1 fully saturated rings. The van der Waals surface area contributed by atoms with Crippen LogP contribution in [0.25, 0.3) is 0 Å². The highest BCUT2D eigenvalue weighted by Crippen LogP contribution is 2.09. The molecule has 1 saturated heterocycles. The molecule has 1 rings (SSSR count). The van der Waals surface area contributed by atoms with E-state index in [0.717, 1.165) is 6.61 Å². The van der Waals surface area contributed by atoms with Crippen LogP contribution in [0.5, 0.6) is 0 Å². The van der Waals surface area contributed by atoms with Crippen LogP contribution in [0, 0.1) is 0 Å². The second-order valence-electron chi connectivity index (χ2n) is 3.60. The Morgan fingerprint density at radius 3 is 2.33 bits per heavy atom. The minimum absolute atomic E-state index is 0.913. The molecule has 2 heteroatoms. The molecule has 1 aliphatic heterocycles. The molecular formula is C10H21NO. The van der Waals surface area contributed by atoms with E-state index in [1.807, 2.05) is 0 Å². The van der Waals surface area contributed by atoms with Crippen LogP contribution < -0.4 is 0 Å². The van der Waals surface area contributed by atoms with Gasteiger partial charge in [0.15, 0.2) is 0 Å². The van der Waals surface area contributed by atoms with E-state index in [0.29, 0.717) is 0 Å². The van der Waals surface area contributed by atoms with Gasteiger partial charge in [-0.1, -0.05) is 12.8 Å². The number of methoxy groups -OCH3 is 1. The van der Waals surface area contributed by atoms with Crippen LogP contribution in [0.15, 0.2) is 0 Å². The maximum absolute atomic E-state index is 5.04. The first kappa shape index (κ1) is 10.0. The fourth-order valence-corrected chi connectivity index (χ4v) is 1.79.